The van der Waals surface area contributed by atoms with Crippen molar-refractivity contribution in [3.8, 4) is 0 Å². The third kappa shape index (κ3) is 2.04. The summed E-state index contributed by atoms with van der Waals surface area (Å²) in [5, 5.41) is 4.45. The van der Waals surface area contributed by atoms with Crippen LogP contribution in [0.15, 0.2) is 30.7 Å². The molecular weight excluding hydrogens is 269 g/mol. The van der Waals surface area contributed by atoms with Crippen LogP contribution in [-0.4, -0.2) is 24.7 Å². The normalized spacial score (nSPS) is 12.8. The van der Waals surface area contributed by atoms with Gasteiger partial charge in [0.25, 0.3) is 0 Å². The Bertz CT molecular complexity index is 742. The summed E-state index contributed by atoms with van der Waals surface area (Å²) in [6, 6.07) is 2.51. The minimum Gasteiger partial charge on any atom is -0.256 e. The highest BCUT2D eigenvalue weighted by atomic mass is 35.5. The van der Waals surface area contributed by atoms with Crippen LogP contribution in [0.4, 0.5) is 4.39 Å². The molecular formula is C12H9ClFN5. The van der Waals surface area contributed by atoms with E-state index in [9.17, 15) is 4.39 Å². The van der Waals surface area contributed by atoms with Gasteiger partial charge in [0.15, 0.2) is 5.65 Å². The summed E-state index contributed by atoms with van der Waals surface area (Å²) in [6.45, 7) is 1.79. The quantitative estimate of drug-likeness (QED) is 0.722. The van der Waals surface area contributed by atoms with Gasteiger partial charge < -0.3 is 0 Å². The number of hydrogen-bond donors (Lipinski definition) is 0. The zero-order valence-electron chi connectivity index (χ0n) is 9.96. The van der Waals surface area contributed by atoms with E-state index >= 15 is 0 Å². The number of nitrogens with zero attached hydrogens (tertiary/aromatic N) is 5. The van der Waals surface area contributed by atoms with Gasteiger partial charge in [-0.25, -0.2) is 19.0 Å². The molecule has 1 atom stereocenters. The van der Waals surface area contributed by atoms with Crippen LogP contribution in [0, 0.1) is 5.82 Å². The van der Waals surface area contributed by atoms with E-state index < -0.39 is 6.04 Å². The molecule has 5 nitrogen and oxygen atoms in total. The zero-order valence-corrected chi connectivity index (χ0v) is 10.7. The van der Waals surface area contributed by atoms with Crippen LogP contribution in [0.5, 0.6) is 0 Å². The van der Waals surface area contributed by atoms with Crippen LogP contribution in [0.25, 0.3) is 11.2 Å². The summed E-state index contributed by atoms with van der Waals surface area (Å²) < 4.78 is 15.3. The van der Waals surface area contributed by atoms with Gasteiger partial charge in [0, 0.05) is 6.20 Å². The highest BCUT2D eigenvalue weighted by Crippen LogP contribution is 2.22. The molecule has 3 aromatic rings. The topological polar surface area (TPSA) is 56.5 Å². The van der Waals surface area contributed by atoms with Crippen molar-refractivity contribution in [2.24, 2.45) is 0 Å². The van der Waals surface area contributed by atoms with Crippen LogP contribution in [-0.2, 0) is 0 Å². The molecule has 0 spiro atoms. The third-order valence-corrected chi connectivity index (χ3v) is 3.01. The number of fused-ring (bicyclic) bond motifs is 1. The zero-order chi connectivity index (χ0) is 13.4. The minimum absolute atomic E-state index is 0.267. The predicted octanol–water partition coefficient (Wildman–Crippen LogP) is 2.62. The van der Waals surface area contributed by atoms with Crippen LogP contribution < -0.4 is 0 Å². The monoisotopic (exact) mass is 277 g/mol. The molecule has 0 fully saturated rings. The standard InChI is InChI=1S/C12H9ClFN5/c1-7(11-8(14)3-2-4-15-11)19-12-9(5-17-19)16-6-10(13)18-12/h2-7H,1H3/t7-/m0/s1. The highest BCUT2D eigenvalue weighted by molar-refractivity contribution is 6.29. The van der Waals surface area contributed by atoms with Gasteiger partial charge in [0.05, 0.1) is 18.4 Å². The molecule has 3 heterocycles. The maximum Gasteiger partial charge on any atom is 0.178 e. The average Bonchev–Trinajstić information content (AvgIpc) is 2.81. The molecule has 3 rings (SSSR count). The van der Waals surface area contributed by atoms with Crippen molar-refractivity contribution in [1.29, 1.82) is 0 Å². The van der Waals surface area contributed by atoms with Crippen molar-refractivity contribution in [3.63, 3.8) is 0 Å². The maximum atomic E-state index is 13.7. The molecule has 0 bridgehead atoms. The molecule has 3 aromatic heterocycles. The first-order valence-corrected chi connectivity index (χ1v) is 6.01. The second kappa shape index (κ2) is 4.55. The fraction of sp³-hybridized carbons (Fsp3) is 0.167. The number of hydrogen-bond acceptors (Lipinski definition) is 4. The summed E-state index contributed by atoms with van der Waals surface area (Å²) >= 11 is 5.83. The van der Waals surface area contributed by atoms with E-state index in [4.69, 9.17) is 11.6 Å². The van der Waals surface area contributed by atoms with Crippen molar-refractivity contribution >= 4 is 22.8 Å². The predicted molar refractivity (Wildman–Crippen MR) is 68.3 cm³/mol. The Morgan fingerprint density at radius 3 is 2.95 bits per heavy atom. The Labute approximate surface area is 113 Å². The molecule has 0 N–H and O–H groups in total. The van der Waals surface area contributed by atoms with Crippen LogP contribution in [0.3, 0.4) is 0 Å². The van der Waals surface area contributed by atoms with E-state index in [-0.39, 0.29) is 11.0 Å². The van der Waals surface area contributed by atoms with E-state index in [0.29, 0.717) is 16.9 Å². The van der Waals surface area contributed by atoms with E-state index in [1.807, 2.05) is 0 Å². The lowest BCUT2D eigenvalue weighted by Crippen LogP contribution is -2.12. The summed E-state index contributed by atoms with van der Waals surface area (Å²) in [5.74, 6) is -0.381. The average molecular weight is 278 g/mol. The van der Waals surface area contributed by atoms with Gasteiger partial charge in [-0.3, -0.25) is 4.98 Å². The summed E-state index contributed by atoms with van der Waals surface area (Å²) in [5.41, 5.74) is 1.41. The Morgan fingerprint density at radius 1 is 1.32 bits per heavy atom. The van der Waals surface area contributed by atoms with E-state index in [1.54, 1.807) is 30.1 Å². The fourth-order valence-corrected chi connectivity index (χ4v) is 2.03. The van der Waals surface area contributed by atoms with Crippen molar-refractivity contribution in [2.45, 2.75) is 13.0 Å². The van der Waals surface area contributed by atoms with Gasteiger partial charge in [-0.15, -0.1) is 0 Å². The molecule has 96 valence electrons. The van der Waals surface area contributed by atoms with E-state index in [1.165, 1.54) is 12.3 Å². The Hall–Kier alpha value is -2.08. The summed E-state index contributed by atoms with van der Waals surface area (Å²) in [7, 11) is 0. The fourth-order valence-electron chi connectivity index (χ4n) is 1.90. The molecule has 0 radical (unpaired) electrons. The maximum absolute atomic E-state index is 13.7. The largest absolute Gasteiger partial charge is 0.256 e. The molecule has 0 aliphatic rings. The lowest BCUT2D eigenvalue weighted by Gasteiger charge is -2.12. The number of aromatic nitrogens is 5. The molecule has 0 aromatic carbocycles. The molecule has 0 unspecified atom stereocenters. The van der Waals surface area contributed by atoms with Gasteiger partial charge in [-0.1, -0.05) is 11.6 Å². The molecule has 0 saturated carbocycles. The van der Waals surface area contributed by atoms with Gasteiger partial charge >= 0.3 is 0 Å². The van der Waals surface area contributed by atoms with Crippen molar-refractivity contribution in [3.05, 3.63) is 47.4 Å². The summed E-state index contributed by atoms with van der Waals surface area (Å²) in [4.78, 5) is 12.3. The van der Waals surface area contributed by atoms with E-state index in [2.05, 4.69) is 20.1 Å². The SMILES string of the molecule is C[C@@H](c1ncccc1F)n1ncc2ncc(Cl)nc21. The van der Waals surface area contributed by atoms with Crippen molar-refractivity contribution in [1.82, 2.24) is 24.7 Å². The molecule has 0 amide bonds. The number of halogens is 2. The second-order valence-electron chi connectivity index (χ2n) is 4.04. The van der Waals surface area contributed by atoms with Gasteiger partial charge in [0.2, 0.25) is 0 Å². The lowest BCUT2D eigenvalue weighted by molar-refractivity contribution is 0.514. The molecule has 0 saturated heterocycles. The third-order valence-electron chi connectivity index (χ3n) is 2.82. The van der Waals surface area contributed by atoms with Crippen molar-refractivity contribution in [2.75, 3.05) is 0 Å². The van der Waals surface area contributed by atoms with Crippen LogP contribution in [0.2, 0.25) is 5.15 Å². The lowest BCUT2D eigenvalue weighted by atomic mass is 10.2. The highest BCUT2D eigenvalue weighted by Gasteiger charge is 2.18. The second-order valence-corrected chi connectivity index (χ2v) is 4.42. The minimum atomic E-state index is -0.397. The van der Waals surface area contributed by atoms with Crippen LogP contribution >= 0.6 is 11.6 Å². The molecule has 0 aliphatic carbocycles. The first-order valence-electron chi connectivity index (χ1n) is 5.63. The number of pyridine rings is 1. The van der Waals surface area contributed by atoms with Crippen molar-refractivity contribution < 1.29 is 4.39 Å². The Morgan fingerprint density at radius 2 is 2.16 bits per heavy atom. The first kappa shape index (κ1) is 12.0. The number of rotatable bonds is 2. The first-order chi connectivity index (χ1) is 9.16. The van der Waals surface area contributed by atoms with Gasteiger partial charge in [0.1, 0.15) is 22.2 Å². The molecule has 7 heteroatoms. The van der Waals surface area contributed by atoms with E-state index in [0.717, 1.165) is 0 Å². The smallest absolute Gasteiger partial charge is 0.178 e. The Kier molecular flexibility index (Phi) is 2.87. The van der Waals surface area contributed by atoms with Gasteiger partial charge in [-0.05, 0) is 19.1 Å². The molecule has 19 heavy (non-hydrogen) atoms. The van der Waals surface area contributed by atoms with Crippen LogP contribution in [0.1, 0.15) is 18.7 Å². The molecule has 0 aliphatic heterocycles. The van der Waals surface area contributed by atoms with Gasteiger partial charge in [-0.2, -0.15) is 5.10 Å². The summed E-state index contributed by atoms with van der Waals surface area (Å²) in [6.07, 6.45) is 4.55. The Balaban J connectivity index is 2.14.